The topological polar surface area (TPSA) is 25.4 Å². The molecule has 0 N–H and O–H groups in total. The van der Waals surface area contributed by atoms with E-state index in [1.807, 2.05) is 0 Å². The molecule has 1 fully saturated rings. The largest absolute Gasteiger partial charge is 0.492 e. The van der Waals surface area contributed by atoms with Crippen LogP contribution in [0.25, 0.3) is 0 Å². The van der Waals surface area contributed by atoms with Gasteiger partial charge in [0.1, 0.15) is 10.9 Å². The number of pyridine rings is 1. The van der Waals surface area contributed by atoms with Crippen LogP contribution in [0.3, 0.4) is 0 Å². The SMILES string of the molecule is CC1(COc2cc(Cl)ncc2Br)CCN(c2ccccc2)CC1. The van der Waals surface area contributed by atoms with Crippen molar-refractivity contribution >= 4 is 33.2 Å². The number of halogens is 2. The van der Waals surface area contributed by atoms with Crippen LogP contribution in [0.1, 0.15) is 19.8 Å². The van der Waals surface area contributed by atoms with Gasteiger partial charge in [-0.1, -0.05) is 36.7 Å². The minimum atomic E-state index is 0.181. The summed E-state index contributed by atoms with van der Waals surface area (Å²) >= 11 is 9.40. The monoisotopic (exact) mass is 394 g/mol. The minimum absolute atomic E-state index is 0.181. The van der Waals surface area contributed by atoms with E-state index in [1.54, 1.807) is 12.3 Å². The van der Waals surface area contributed by atoms with Gasteiger partial charge in [-0.2, -0.15) is 0 Å². The number of hydrogen-bond donors (Lipinski definition) is 0. The highest BCUT2D eigenvalue weighted by Gasteiger charge is 2.31. The summed E-state index contributed by atoms with van der Waals surface area (Å²) in [6, 6.07) is 12.4. The number of hydrogen-bond acceptors (Lipinski definition) is 3. The van der Waals surface area contributed by atoms with Crippen LogP contribution in [0.5, 0.6) is 5.75 Å². The maximum Gasteiger partial charge on any atom is 0.138 e. The third kappa shape index (κ3) is 4.18. The molecule has 0 unspecified atom stereocenters. The quantitative estimate of drug-likeness (QED) is 0.667. The predicted octanol–water partition coefficient (Wildman–Crippen LogP) is 5.18. The molecule has 3 rings (SSSR count). The number of piperidine rings is 1. The molecule has 0 saturated carbocycles. The third-order valence-corrected chi connectivity index (χ3v) is 5.26. The first kappa shape index (κ1) is 16.6. The predicted molar refractivity (Wildman–Crippen MR) is 98.4 cm³/mol. The van der Waals surface area contributed by atoms with E-state index in [-0.39, 0.29) is 5.41 Å². The Morgan fingerprint density at radius 2 is 1.96 bits per heavy atom. The summed E-state index contributed by atoms with van der Waals surface area (Å²) in [7, 11) is 0. The number of nitrogens with zero attached hydrogens (tertiary/aromatic N) is 2. The highest BCUT2D eigenvalue weighted by Crippen LogP contribution is 2.35. The zero-order valence-corrected chi connectivity index (χ0v) is 15.5. The Hall–Kier alpha value is -1.26. The fraction of sp³-hybridized carbons (Fsp3) is 0.389. The van der Waals surface area contributed by atoms with Gasteiger partial charge in [0, 0.05) is 36.5 Å². The van der Waals surface area contributed by atoms with E-state index in [2.05, 4.69) is 63.1 Å². The molecule has 1 aromatic carbocycles. The highest BCUT2D eigenvalue weighted by molar-refractivity contribution is 9.10. The molecule has 0 spiro atoms. The van der Waals surface area contributed by atoms with E-state index < -0.39 is 0 Å². The molecule has 23 heavy (non-hydrogen) atoms. The van der Waals surface area contributed by atoms with Crippen molar-refractivity contribution in [2.45, 2.75) is 19.8 Å². The molecule has 0 amide bonds. The number of benzene rings is 1. The summed E-state index contributed by atoms with van der Waals surface area (Å²) in [5.74, 6) is 0.761. The Morgan fingerprint density at radius 1 is 1.26 bits per heavy atom. The van der Waals surface area contributed by atoms with Crippen molar-refractivity contribution in [1.82, 2.24) is 4.98 Å². The molecule has 2 heterocycles. The van der Waals surface area contributed by atoms with Crippen molar-refractivity contribution in [2.75, 3.05) is 24.6 Å². The van der Waals surface area contributed by atoms with Crippen molar-refractivity contribution in [3.8, 4) is 5.75 Å². The molecule has 1 aliphatic heterocycles. The molecule has 0 bridgehead atoms. The second kappa shape index (κ2) is 7.10. The molecule has 1 aliphatic rings. The van der Waals surface area contributed by atoms with Crippen molar-refractivity contribution in [3.05, 3.63) is 52.2 Å². The van der Waals surface area contributed by atoms with Crippen LogP contribution in [0.4, 0.5) is 5.69 Å². The van der Waals surface area contributed by atoms with Crippen molar-refractivity contribution in [1.29, 1.82) is 0 Å². The number of rotatable bonds is 4. The molecule has 0 atom stereocenters. The Balaban J connectivity index is 1.58. The molecule has 5 heteroatoms. The maximum atomic E-state index is 6.01. The molecule has 1 saturated heterocycles. The van der Waals surface area contributed by atoms with Crippen LogP contribution in [0.15, 0.2) is 47.1 Å². The lowest BCUT2D eigenvalue weighted by Gasteiger charge is -2.40. The lowest BCUT2D eigenvalue weighted by Crippen LogP contribution is -2.41. The van der Waals surface area contributed by atoms with Gasteiger partial charge in [-0.05, 0) is 40.9 Å². The maximum absolute atomic E-state index is 6.01. The zero-order valence-electron chi connectivity index (χ0n) is 13.1. The molecule has 3 nitrogen and oxygen atoms in total. The van der Waals surface area contributed by atoms with Gasteiger partial charge in [-0.3, -0.25) is 0 Å². The Kier molecular flexibility index (Phi) is 5.12. The summed E-state index contributed by atoms with van der Waals surface area (Å²) in [5, 5.41) is 0.451. The average molecular weight is 396 g/mol. The van der Waals surface area contributed by atoms with Crippen LogP contribution in [-0.2, 0) is 0 Å². The third-order valence-electron chi connectivity index (χ3n) is 4.45. The lowest BCUT2D eigenvalue weighted by molar-refractivity contribution is 0.130. The number of ether oxygens (including phenoxy) is 1. The highest BCUT2D eigenvalue weighted by atomic mass is 79.9. The van der Waals surface area contributed by atoms with Gasteiger partial charge in [0.15, 0.2) is 0 Å². The second-order valence-corrected chi connectivity index (χ2v) is 7.60. The molecule has 122 valence electrons. The van der Waals surface area contributed by atoms with Crippen LogP contribution in [0.2, 0.25) is 5.15 Å². The smallest absolute Gasteiger partial charge is 0.138 e. The van der Waals surface area contributed by atoms with Gasteiger partial charge in [-0.25, -0.2) is 4.98 Å². The van der Waals surface area contributed by atoms with E-state index in [0.29, 0.717) is 11.8 Å². The summed E-state index contributed by atoms with van der Waals surface area (Å²) in [6.07, 6.45) is 3.90. The van der Waals surface area contributed by atoms with Gasteiger partial charge in [0.05, 0.1) is 11.1 Å². The van der Waals surface area contributed by atoms with Gasteiger partial charge >= 0.3 is 0 Å². The van der Waals surface area contributed by atoms with Crippen LogP contribution in [-0.4, -0.2) is 24.7 Å². The average Bonchev–Trinajstić information content (AvgIpc) is 2.57. The molecule has 0 radical (unpaired) electrons. The Labute approximate surface area is 150 Å². The van der Waals surface area contributed by atoms with Gasteiger partial charge in [0.2, 0.25) is 0 Å². The zero-order chi connectivity index (χ0) is 16.3. The van der Waals surface area contributed by atoms with E-state index in [4.69, 9.17) is 16.3 Å². The molecule has 2 aromatic rings. The van der Waals surface area contributed by atoms with E-state index in [1.165, 1.54) is 5.69 Å². The molecular formula is C18H20BrClN2O. The van der Waals surface area contributed by atoms with Crippen molar-refractivity contribution in [3.63, 3.8) is 0 Å². The van der Waals surface area contributed by atoms with E-state index >= 15 is 0 Å². The van der Waals surface area contributed by atoms with Crippen LogP contribution >= 0.6 is 27.5 Å². The van der Waals surface area contributed by atoms with Gasteiger partial charge in [-0.15, -0.1) is 0 Å². The van der Waals surface area contributed by atoms with Gasteiger partial charge in [0.25, 0.3) is 0 Å². The normalized spacial score (nSPS) is 17.1. The van der Waals surface area contributed by atoms with Crippen molar-refractivity contribution in [2.24, 2.45) is 5.41 Å². The van der Waals surface area contributed by atoms with Gasteiger partial charge < -0.3 is 9.64 Å². The molecule has 1 aromatic heterocycles. The fourth-order valence-electron chi connectivity index (χ4n) is 2.85. The van der Waals surface area contributed by atoms with Crippen LogP contribution in [0, 0.1) is 5.41 Å². The van der Waals surface area contributed by atoms with Crippen molar-refractivity contribution < 1.29 is 4.74 Å². The van der Waals surface area contributed by atoms with E-state index in [9.17, 15) is 0 Å². The Bertz CT molecular complexity index is 657. The Morgan fingerprint density at radius 3 is 2.65 bits per heavy atom. The summed E-state index contributed by atoms with van der Waals surface area (Å²) < 4.78 is 6.85. The first-order valence-electron chi connectivity index (χ1n) is 7.80. The van der Waals surface area contributed by atoms with E-state index in [0.717, 1.165) is 36.2 Å². The standard InChI is InChI=1S/C18H20BrClN2O/c1-18(13-23-16-11-17(20)21-12-15(16)19)7-9-22(10-8-18)14-5-3-2-4-6-14/h2-6,11-12H,7-10,13H2,1H3. The molecular weight excluding hydrogens is 376 g/mol. The first-order chi connectivity index (χ1) is 11.1. The number of aromatic nitrogens is 1. The molecule has 0 aliphatic carbocycles. The number of anilines is 1. The second-order valence-electron chi connectivity index (χ2n) is 6.36. The van der Waals surface area contributed by atoms with Crippen LogP contribution < -0.4 is 9.64 Å². The summed E-state index contributed by atoms with van der Waals surface area (Å²) in [6.45, 7) is 5.10. The first-order valence-corrected chi connectivity index (χ1v) is 8.97. The lowest BCUT2D eigenvalue weighted by atomic mass is 9.81. The summed E-state index contributed by atoms with van der Waals surface area (Å²) in [4.78, 5) is 6.47. The number of para-hydroxylation sites is 1. The summed E-state index contributed by atoms with van der Waals surface area (Å²) in [5.41, 5.74) is 1.49. The fourth-order valence-corrected chi connectivity index (χ4v) is 3.33. The minimum Gasteiger partial charge on any atom is -0.492 e.